The fraction of sp³-hybridized carbons (Fsp3) is 0.538. The van der Waals surface area contributed by atoms with Crippen LogP contribution in [0.2, 0.25) is 19.6 Å². The van der Waals surface area contributed by atoms with E-state index >= 15 is 0 Å². The lowest BCUT2D eigenvalue weighted by molar-refractivity contribution is 0.904. The van der Waals surface area contributed by atoms with Gasteiger partial charge in [0.05, 0.1) is 0 Å². The van der Waals surface area contributed by atoms with E-state index in [9.17, 15) is 0 Å². The van der Waals surface area contributed by atoms with Gasteiger partial charge in [0, 0.05) is 12.8 Å². The molecule has 0 aromatic heterocycles. The molecule has 0 aliphatic heterocycles. The van der Waals surface area contributed by atoms with E-state index in [0.717, 1.165) is 24.8 Å². The molecule has 76 valence electrons. The van der Waals surface area contributed by atoms with Crippen LogP contribution in [0.3, 0.4) is 0 Å². The Hall–Kier alpha value is -0.923. The van der Waals surface area contributed by atoms with Crippen LogP contribution in [0.4, 0.5) is 0 Å². The molecule has 0 rings (SSSR count). The van der Waals surface area contributed by atoms with Crippen LogP contribution in [0.15, 0.2) is 12.2 Å². The highest BCUT2D eigenvalue weighted by Crippen LogP contribution is 1.98. The summed E-state index contributed by atoms with van der Waals surface area (Å²) >= 11 is 0. The van der Waals surface area contributed by atoms with Gasteiger partial charge in [-0.25, -0.2) is 0 Å². The van der Waals surface area contributed by atoms with Crippen molar-refractivity contribution in [1.29, 1.82) is 0 Å². The minimum Gasteiger partial charge on any atom is -0.132 e. The normalized spacial score (nSPS) is 9.43. The van der Waals surface area contributed by atoms with Crippen LogP contribution >= 0.6 is 0 Å². The molecule has 0 fully saturated rings. The maximum absolute atomic E-state index is 3.73. The summed E-state index contributed by atoms with van der Waals surface area (Å²) in [4.78, 5) is 0. The fourth-order valence-corrected chi connectivity index (χ4v) is 1.46. The van der Waals surface area contributed by atoms with E-state index in [1.54, 1.807) is 0 Å². The summed E-state index contributed by atoms with van der Waals surface area (Å²) in [6.07, 6.45) is 3.00. The summed E-state index contributed by atoms with van der Waals surface area (Å²) < 4.78 is 0. The summed E-state index contributed by atoms with van der Waals surface area (Å²) in [5.41, 5.74) is 4.29. The van der Waals surface area contributed by atoms with E-state index in [4.69, 9.17) is 0 Å². The molecule has 0 N–H and O–H groups in total. The van der Waals surface area contributed by atoms with Crippen molar-refractivity contribution in [3.63, 3.8) is 0 Å². The summed E-state index contributed by atoms with van der Waals surface area (Å²) in [6, 6.07) is 0. The monoisotopic (exact) mass is 204 g/mol. The van der Waals surface area contributed by atoms with Crippen molar-refractivity contribution in [1.82, 2.24) is 0 Å². The first kappa shape index (κ1) is 13.1. The van der Waals surface area contributed by atoms with Crippen molar-refractivity contribution >= 4 is 8.07 Å². The van der Waals surface area contributed by atoms with Crippen LogP contribution in [0, 0.1) is 23.3 Å². The molecule has 0 radical (unpaired) electrons. The largest absolute Gasteiger partial charge is 0.132 e. The second-order valence-corrected chi connectivity index (χ2v) is 9.24. The van der Waals surface area contributed by atoms with Gasteiger partial charge in [0.1, 0.15) is 8.07 Å². The molecule has 14 heavy (non-hydrogen) atoms. The molecule has 0 saturated heterocycles. The Labute approximate surface area is 89.8 Å². The van der Waals surface area contributed by atoms with Crippen LogP contribution in [-0.4, -0.2) is 8.07 Å². The van der Waals surface area contributed by atoms with Crippen molar-refractivity contribution in [3.8, 4) is 23.3 Å². The average molecular weight is 204 g/mol. The highest BCUT2D eigenvalue weighted by atomic mass is 28.3. The number of hydrogen-bond acceptors (Lipinski definition) is 0. The standard InChI is InChI=1S/C13H20Si/c1-13(2)11-9-7-6-8-10-12-14(3,4)5/h1,6-8H2,2-5H3. The molecular formula is C13H20Si. The summed E-state index contributed by atoms with van der Waals surface area (Å²) in [6.45, 7) is 12.4. The van der Waals surface area contributed by atoms with Gasteiger partial charge in [-0.1, -0.05) is 38.1 Å². The van der Waals surface area contributed by atoms with Crippen LogP contribution in [0.25, 0.3) is 0 Å². The molecular weight excluding hydrogens is 184 g/mol. The maximum atomic E-state index is 3.73. The van der Waals surface area contributed by atoms with Gasteiger partial charge in [0.15, 0.2) is 0 Å². The van der Waals surface area contributed by atoms with Crippen LogP contribution in [0.1, 0.15) is 26.2 Å². The van der Waals surface area contributed by atoms with Gasteiger partial charge in [0.2, 0.25) is 0 Å². The Balaban J connectivity index is 3.62. The Bertz CT molecular complexity index is 296. The maximum Gasteiger partial charge on any atom is 0.129 e. The smallest absolute Gasteiger partial charge is 0.129 e. The molecule has 0 bridgehead atoms. The molecule has 0 atom stereocenters. The molecule has 0 aromatic rings. The molecule has 0 unspecified atom stereocenters. The molecule has 0 aliphatic rings. The highest BCUT2D eigenvalue weighted by Gasteiger charge is 2.06. The van der Waals surface area contributed by atoms with Gasteiger partial charge >= 0.3 is 0 Å². The molecule has 1 heteroatoms. The van der Waals surface area contributed by atoms with Gasteiger partial charge in [-0.15, -0.1) is 11.5 Å². The lowest BCUT2D eigenvalue weighted by Crippen LogP contribution is -2.16. The predicted molar refractivity (Wildman–Crippen MR) is 67.6 cm³/mol. The predicted octanol–water partition coefficient (Wildman–Crippen LogP) is 3.62. The first-order chi connectivity index (χ1) is 6.42. The lowest BCUT2D eigenvalue weighted by atomic mass is 10.2. The van der Waals surface area contributed by atoms with Gasteiger partial charge in [0.25, 0.3) is 0 Å². The van der Waals surface area contributed by atoms with Crippen LogP contribution in [-0.2, 0) is 0 Å². The third-order valence-corrected chi connectivity index (χ3v) is 2.30. The Morgan fingerprint density at radius 1 is 1.14 bits per heavy atom. The van der Waals surface area contributed by atoms with Crippen LogP contribution < -0.4 is 0 Å². The van der Waals surface area contributed by atoms with E-state index in [1.807, 2.05) is 6.92 Å². The quantitative estimate of drug-likeness (QED) is 0.366. The second kappa shape index (κ2) is 6.52. The zero-order valence-electron chi connectivity index (χ0n) is 9.83. The van der Waals surface area contributed by atoms with Gasteiger partial charge in [-0.05, 0) is 18.9 Å². The van der Waals surface area contributed by atoms with Crippen molar-refractivity contribution in [2.75, 3.05) is 0 Å². The van der Waals surface area contributed by atoms with E-state index in [1.165, 1.54) is 0 Å². The molecule has 0 saturated carbocycles. The summed E-state index contributed by atoms with van der Waals surface area (Å²) in [5.74, 6) is 9.28. The summed E-state index contributed by atoms with van der Waals surface area (Å²) in [5, 5.41) is 0. The fourth-order valence-electron chi connectivity index (χ4n) is 0.806. The number of rotatable bonds is 2. The first-order valence-electron chi connectivity index (χ1n) is 5.06. The molecule has 0 amide bonds. The first-order valence-corrected chi connectivity index (χ1v) is 8.56. The van der Waals surface area contributed by atoms with Crippen molar-refractivity contribution in [3.05, 3.63) is 12.2 Å². The topological polar surface area (TPSA) is 0 Å². The van der Waals surface area contributed by atoms with Crippen LogP contribution in [0.5, 0.6) is 0 Å². The minimum atomic E-state index is -1.15. The van der Waals surface area contributed by atoms with Gasteiger partial charge in [-0.2, -0.15) is 0 Å². The summed E-state index contributed by atoms with van der Waals surface area (Å²) in [7, 11) is -1.15. The third-order valence-electron chi connectivity index (χ3n) is 1.37. The Kier molecular flexibility index (Phi) is 6.09. The molecule has 0 aromatic carbocycles. The SMILES string of the molecule is C=C(C)C#CCCCC#C[Si](C)(C)C. The second-order valence-electron chi connectivity index (χ2n) is 4.49. The third kappa shape index (κ3) is 11.1. The highest BCUT2D eigenvalue weighted by molar-refractivity contribution is 6.83. The zero-order valence-corrected chi connectivity index (χ0v) is 10.8. The van der Waals surface area contributed by atoms with E-state index in [0.29, 0.717) is 0 Å². The molecule has 0 spiro atoms. The molecule has 0 nitrogen and oxygen atoms in total. The van der Waals surface area contributed by atoms with Crippen molar-refractivity contribution in [2.24, 2.45) is 0 Å². The molecule has 0 heterocycles. The van der Waals surface area contributed by atoms with E-state index in [2.05, 4.69) is 49.5 Å². The van der Waals surface area contributed by atoms with Gasteiger partial charge < -0.3 is 0 Å². The van der Waals surface area contributed by atoms with Gasteiger partial charge in [-0.3, -0.25) is 0 Å². The molecule has 0 aliphatic carbocycles. The minimum absolute atomic E-state index is 0.938. The average Bonchev–Trinajstić information content (AvgIpc) is 2.00. The Morgan fingerprint density at radius 3 is 2.21 bits per heavy atom. The number of unbranched alkanes of at least 4 members (excludes halogenated alkanes) is 2. The zero-order chi connectivity index (χ0) is 11.0. The number of allylic oxidation sites excluding steroid dienone is 1. The lowest BCUT2D eigenvalue weighted by Gasteiger charge is -2.02. The number of hydrogen-bond donors (Lipinski definition) is 0. The van der Waals surface area contributed by atoms with E-state index in [-0.39, 0.29) is 0 Å². The Morgan fingerprint density at radius 2 is 1.71 bits per heavy atom. The van der Waals surface area contributed by atoms with Crippen molar-refractivity contribution in [2.45, 2.75) is 45.8 Å². The van der Waals surface area contributed by atoms with E-state index < -0.39 is 8.07 Å². The van der Waals surface area contributed by atoms with Crippen molar-refractivity contribution < 1.29 is 0 Å².